The summed E-state index contributed by atoms with van der Waals surface area (Å²) >= 11 is 0. The Morgan fingerprint density at radius 3 is 0.938 bits per heavy atom. The summed E-state index contributed by atoms with van der Waals surface area (Å²) in [4.78, 5) is 0. The first kappa shape index (κ1) is 36.7. The van der Waals surface area contributed by atoms with Gasteiger partial charge in [0.1, 0.15) is 0 Å². The molecule has 0 radical (unpaired) electrons. The highest BCUT2D eigenvalue weighted by Crippen LogP contribution is 2.63. The van der Waals surface area contributed by atoms with Gasteiger partial charge in [-0.1, -0.05) is 61.4 Å². The zero-order chi connectivity index (χ0) is 34.9. The minimum Gasteiger partial charge on any atom is -0.337 e. The van der Waals surface area contributed by atoms with Crippen LogP contribution in [0.4, 0.5) is 35.1 Å². The lowest BCUT2D eigenvalue weighted by Gasteiger charge is -2.68. The van der Waals surface area contributed by atoms with Crippen molar-refractivity contribution in [1.29, 1.82) is 0 Å². The maximum absolute atomic E-state index is 17.0. The molecular weight excluding hydrogens is 633 g/mol. The van der Waals surface area contributed by atoms with Gasteiger partial charge in [-0.05, 0) is 63.8 Å². The van der Waals surface area contributed by atoms with E-state index in [0.29, 0.717) is 35.4 Å². The maximum Gasteiger partial charge on any atom is 0.183 e. The van der Waals surface area contributed by atoms with E-state index in [1.165, 1.54) is 64.2 Å². The van der Waals surface area contributed by atoms with E-state index in [9.17, 15) is 17.6 Å². The number of quaternary nitrogens is 1. The van der Waals surface area contributed by atoms with Gasteiger partial charge in [0.05, 0.1) is 34.4 Å². The molecule has 2 saturated carbocycles. The monoisotopic (exact) mass is 681 g/mol. The lowest BCUT2D eigenvalue weighted by atomic mass is 8.99. The van der Waals surface area contributed by atoms with Crippen LogP contribution in [-0.2, 0) is 0 Å². The summed E-state index contributed by atoms with van der Waals surface area (Å²) in [6.07, 6.45) is 13.8. The molecule has 48 heavy (non-hydrogen) atoms. The van der Waals surface area contributed by atoms with Gasteiger partial charge >= 0.3 is 0 Å². The van der Waals surface area contributed by atoms with Crippen molar-refractivity contribution in [2.45, 2.75) is 137 Å². The molecule has 0 aromatic rings. The Hall–Kier alpha value is -2.62. The standard InChI is InChI=1S/C24H20BF8.C14H27N/c26-17-5-1-9-21(30,13-17)25(22(31)10-2-6-18(27)14-22,23(32)11-3-7-19(28)15-23)24(33)12-4-8-20(29)16-24;1-13(9-5-3-6-10-13)15-14(2)11-7-4-8-12-14/h1-12H,13-16H2;15H,3-12H2,1-2H3/q-1;/p+1. The van der Waals surface area contributed by atoms with E-state index in [-0.39, 0.29) is 0 Å². The van der Waals surface area contributed by atoms with Crippen LogP contribution in [0.25, 0.3) is 0 Å². The van der Waals surface area contributed by atoms with Crippen LogP contribution < -0.4 is 5.32 Å². The Labute approximate surface area is 279 Å². The van der Waals surface area contributed by atoms with Crippen LogP contribution in [0, 0.1) is 0 Å². The highest BCUT2D eigenvalue weighted by molar-refractivity contribution is 6.92. The summed E-state index contributed by atoms with van der Waals surface area (Å²) < 4.78 is 126. The smallest absolute Gasteiger partial charge is 0.183 e. The molecule has 6 aliphatic rings. The summed E-state index contributed by atoms with van der Waals surface area (Å²) in [5, 5.41) is 2.76. The fourth-order valence-corrected chi connectivity index (χ4v) is 10.2. The van der Waals surface area contributed by atoms with E-state index < -0.39 is 77.4 Å². The Morgan fingerprint density at radius 1 is 0.458 bits per heavy atom. The molecule has 0 aliphatic heterocycles. The Bertz CT molecular complexity index is 1270. The molecule has 0 spiro atoms. The van der Waals surface area contributed by atoms with E-state index in [0.717, 1.165) is 48.6 Å². The molecule has 0 saturated heterocycles. The predicted molar refractivity (Wildman–Crippen MR) is 178 cm³/mol. The third-order valence-electron chi connectivity index (χ3n) is 11.9. The van der Waals surface area contributed by atoms with Gasteiger partial charge in [0.25, 0.3) is 0 Å². The Kier molecular flexibility index (Phi) is 10.4. The molecule has 4 atom stereocenters. The van der Waals surface area contributed by atoms with Crippen molar-refractivity contribution < 1.29 is 40.4 Å². The second kappa shape index (κ2) is 13.6. The second-order valence-electron chi connectivity index (χ2n) is 15.7. The molecule has 0 heterocycles. The van der Waals surface area contributed by atoms with Crippen LogP contribution in [-0.4, -0.2) is 39.5 Å². The number of halogens is 8. The fraction of sp³-hybridized carbons (Fsp3) is 0.579. The minimum absolute atomic E-state index is 0.574. The van der Waals surface area contributed by atoms with Gasteiger partial charge in [0.2, 0.25) is 0 Å². The second-order valence-corrected chi connectivity index (χ2v) is 15.7. The van der Waals surface area contributed by atoms with Gasteiger partial charge in [-0.2, -0.15) is 0 Å². The number of rotatable bonds is 6. The average molecular weight is 682 g/mol. The van der Waals surface area contributed by atoms with Crippen LogP contribution >= 0.6 is 0 Å². The van der Waals surface area contributed by atoms with Crippen LogP contribution in [0.15, 0.2) is 96.2 Å². The number of hydrogen-bond acceptors (Lipinski definition) is 0. The van der Waals surface area contributed by atoms with Crippen molar-refractivity contribution in [3.63, 3.8) is 0 Å². The van der Waals surface area contributed by atoms with E-state index in [1.807, 2.05) is 0 Å². The Balaban J connectivity index is 0.000000250. The third-order valence-corrected chi connectivity index (χ3v) is 11.9. The van der Waals surface area contributed by atoms with E-state index >= 15 is 17.6 Å². The number of alkyl halides is 4. The fourth-order valence-electron chi connectivity index (χ4n) is 10.2. The van der Waals surface area contributed by atoms with E-state index in [4.69, 9.17) is 0 Å². The van der Waals surface area contributed by atoms with Gasteiger partial charge in [0.15, 0.2) is 6.15 Å². The van der Waals surface area contributed by atoms with Crippen LogP contribution in [0.2, 0.25) is 0 Å². The van der Waals surface area contributed by atoms with Crippen molar-refractivity contribution in [3.05, 3.63) is 96.2 Å². The third kappa shape index (κ3) is 6.76. The van der Waals surface area contributed by atoms with Crippen molar-refractivity contribution in [1.82, 2.24) is 0 Å². The summed E-state index contributed by atoms with van der Waals surface area (Å²) in [6, 6.07) is 0. The van der Waals surface area contributed by atoms with Crippen molar-refractivity contribution in [2.24, 2.45) is 0 Å². The normalized spacial score (nSPS) is 36.9. The number of allylic oxidation sites excluding steroid dienone is 16. The van der Waals surface area contributed by atoms with Crippen molar-refractivity contribution >= 4 is 6.15 Å². The molecule has 0 bridgehead atoms. The van der Waals surface area contributed by atoms with Crippen LogP contribution in [0.5, 0.6) is 0 Å². The number of nitrogens with two attached hydrogens (primary N) is 1. The van der Waals surface area contributed by atoms with Gasteiger partial charge in [-0.15, -0.1) is 0 Å². The van der Waals surface area contributed by atoms with E-state index in [1.54, 1.807) is 0 Å². The summed E-state index contributed by atoms with van der Waals surface area (Å²) in [7, 11) is 0. The van der Waals surface area contributed by atoms with Crippen molar-refractivity contribution in [3.8, 4) is 0 Å². The average Bonchev–Trinajstić information content (AvgIpc) is 2.97. The van der Waals surface area contributed by atoms with Crippen molar-refractivity contribution in [2.75, 3.05) is 0 Å². The summed E-state index contributed by atoms with van der Waals surface area (Å²) in [5.41, 5.74) is -12.6. The molecule has 2 N–H and O–H groups in total. The predicted octanol–water partition coefficient (Wildman–Crippen LogP) is 10.7. The lowest BCUT2D eigenvalue weighted by molar-refractivity contribution is -0.789. The molecule has 264 valence electrons. The molecule has 0 amide bonds. The molecular formula is C38H48BF8N. The van der Waals surface area contributed by atoms with Gasteiger partial charge < -0.3 is 5.32 Å². The largest absolute Gasteiger partial charge is 0.337 e. The molecule has 2 fully saturated rings. The van der Waals surface area contributed by atoms with Gasteiger partial charge in [0, 0.05) is 73.6 Å². The first-order valence-electron chi connectivity index (χ1n) is 17.5. The SMILES string of the molecule is CC1([NH2+]C2(C)CCCCC2)CCCCC1.FC1=CC=CC(F)([B-](C2(F)C=CC=C(F)C2)(C2(F)C=CC=C(F)C2)C2(F)C=CC=C(F)C2)C1. The molecule has 6 rings (SSSR count). The first-order valence-corrected chi connectivity index (χ1v) is 17.5. The van der Waals surface area contributed by atoms with Crippen LogP contribution in [0.1, 0.15) is 104 Å². The van der Waals surface area contributed by atoms with Crippen LogP contribution in [0.3, 0.4) is 0 Å². The Morgan fingerprint density at radius 2 is 0.708 bits per heavy atom. The van der Waals surface area contributed by atoms with E-state index in [2.05, 4.69) is 19.2 Å². The van der Waals surface area contributed by atoms with Gasteiger partial charge in [-0.3, -0.25) is 17.6 Å². The molecule has 4 unspecified atom stereocenters. The zero-order valence-electron chi connectivity index (χ0n) is 28.0. The zero-order valence-corrected chi connectivity index (χ0v) is 28.0. The van der Waals surface area contributed by atoms with Gasteiger partial charge in [-0.25, -0.2) is 17.6 Å². The number of hydrogen-bond donors (Lipinski definition) is 1. The topological polar surface area (TPSA) is 16.6 Å². The molecule has 0 aromatic heterocycles. The summed E-state index contributed by atoms with van der Waals surface area (Å²) in [6.45, 7) is 5.01. The molecule has 6 aliphatic carbocycles. The quantitative estimate of drug-likeness (QED) is 0.212. The summed E-state index contributed by atoms with van der Waals surface area (Å²) in [5.74, 6) is -4.59. The molecule has 10 heteroatoms. The molecule has 1 nitrogen and oxygen atoms in total. The first-order chi connectivity index (χ1) is 22.5. The molecule has 0 aromatic carbocycles. The maximum atomic E-state index is 17.0. The highest BCUT2D eigenvalue weighted by Gasteiger charge is 2.76. The minimum atomic E-state index is -4.72. The lowest BCUT2D eigenvalue weighted by Crippen LogP contribution is -3.05. The highest BCUT2D eigenvalue weighted by atomic mass is 19.2.